The summed E-state index contributed by atoms with van der Waals surface area (Å²) in [5, 5.41) is 7.76. The van der Waals surface area contributed by atoms with Gasteiger partial charge in [-0.05, 0) is 32.4 Å². The van der Waals surface area contributed by atoms with Gasteiger partial charge in [-0.3, -0.25) is 9.67 Å². The maximum Gasteiger partial charge on any atom is 0.106 e. The minimum absolute atomic E-state index is 0.383. The minimum atomic E-state index is 0.383. The molecule has 0 spiro atoms. The number of aromatic nitrogens is 3. The van der Waals surface area contributed by atoms with Crippen molar-refractivity contribution < 1.29 is 0 Å². The Morgan fingerprint density at radius 1 is 1.45 bits per heavy atom. The lowest BCUT2D eigenvalue weighted by atomic mass is 10.2. The molecular weight excluding hydrogens is 270 g/mol. The summed E-state index contributed by atoms with van der Waals surface area (Å²) in [6, 6.07) is 3.91. The molecule has 2 rings (SSSR count). The van der Waals surface area contributed by atoms with Gasteiger partial charge in [-0.15, -0.1) is 0 Å². The fourth-order valence-corrected chi connectivity index (χ4v) is 2.28. The molecule has 0 fully saturated rings. The smallest absolute Gasteiger partial charge is 0.106 e. The fourth-order valence-electron chi connectivity index (χ4n) is 2.10. The summed E-state index contributed by atoms with van der Waals surface area (Å²) in [6.45, 7) is 5.78. The van der Waals surface area contributed by atoms with Crippen LogP contribution in [0.25, 0.3) is 0 Å². The minimum Gasteiger partial charge on any atom is -0.389 e. The second-order valence-corrected chi connectivity index (χ2v) is 5.16. The van der Waals surface area contributed by atoms with Crippen LogP contribution in [0, 0.1) is 13.8 Å². The molecule has 0 bridgehead atoms. The van der Waals surface area contributed by atoms with Gasteiger partial charge in [0.25, 0.3) is 0 Å². The highest BCUT2D eigenvalue weighted by Gasteiger charge is 2.04. The Kier molecular flexibility index (Phi) is 4.68. The molecule has 0 unspecified atom stereocenters. The summed E-state index contributed by atoms with van der Waals surface area (Å²) in [5.41, 5.74) is 9.64. The number of aryl methyl sites for hydroxylation is 3. The fraction of sp³-hybridized carbons (Fsp3) is 0.357. The molecule has 0 saturated heterocycles. The van der Waals surface area contributed by atoms with Crippen LogP contribution in [-0.4, -0.2) is 26.3 Å². The van der Waals surface area contributed by atoms with Crippen molar-refractivity contribution in [1.82, 2.24) is 14.8 Å². The monoisotopic (exact) mass is 289 g/mol. The van der Waals surface area contributed by atoms with Gasteiger partial charge in [0.15, 0.2) is 0 Å². The Morgan fingerprint density at radius 2 is 2.25 bits per heavy atom. The number of anilines is 1. The van der Waals surface area contributed by atoms with Crippen molar-refractivity contribution in [3.05, 3.63) is 41.5 Å². The van der Waals surface area contributed by atoms with Crippen LogP contribution in [0.2, 0.25) is 0 Å². The van der Waals surface area contributed by atoms with E-state index in [-0.39, 0.29) is 0 Å². The van der Waals surface area contributed by atoms with Crippen LogP contribution in [0.5, 0.6) is 0 Å². The molecule has 3 N–H and O–H groups in total. The highest BCUT2D eigenvalue weighted by atomic mass is 32.1. The van der Waals surface area contributed by atoms with Crippen molar-refractivity contribution in [2.24, 2.45) is 5.73 Å². The van der Waals surface area contributed by atoms with Gasteiger partial charge in [0.2, 0.25) is 0 Å². The third kappa shape index (κ3) is 3.54. The third-order valence-electron chi connectivity index (χ3n) is 3.05. The van der Waals surface area contributed by atoms with Gasteiger partial charge < -0.3 is 11.1 Å². The van der Waals surface area contributed by atoms with E-state index in [1.54, 1.807) is 12.4 Å². The average molecular weight is 289 g/mol. The number of thiocarbonyl (C=S) groups is 1. The van der Waals surface area contributed by atoms with Gasteiger partial charge >= 0.3 is 0 Å². The number of rotatable bonds is 6. The number of pyridine rings is 1. The first kappa shape index (κ1) is 14.5. The van der Waals surface area contributed by atoms with Crippen LogP contribution in [0.3, 0.4) is 0 Å². The summed E-state index contributed by atoms with van der Waals surface area (Å²) < 4.78 is 2.02. The van der Waals surface area contributed by atoms with Gasteiger partial charge in [0.05, 0.1) is 17.6 Å². The van der Waals surface area contributed by atoms with Crippen molar-refractivity contribution in [2.45, 2.75) is 26.8 Å². The topological polar surface area (TPSA) is 68.8 Å². The summed E-state index contributed by atoms with van der Waals surface area (Å²) in [5.74, 6) is 0. The molecule has 0 radical (unpaired) electrons. The maximum absolute atomic E-state index is 5.68. The number of nitrogens with two attached hydrogens (primary N) is 1. The Labute approximate surface area is 124 Å². The lowest BCUT2D eigenvalue weighted by Gasteiger charge is -2.10. The van der Waals surface area contributed by atoms with E-state index in [1.807, 2.05) is 17.7 Å². The number of nitrogens with one attached hydrogen (secondary N) is 1. The van der Waals surface area contributed by atoms with Crippen LogP contribution in [0.1, 0.15) is 23.4 Å². The molecule has 0 amide bonds. The molecule has 20 heavy (non-hydrogen) atoms. The number of hydrogen-bond acceptors (Lipinski definition) is 4. The number of nitrogens with zero attached hydrogens (tertiary/aromatic N) is 3. The zero-order valence-corrected chi connectivity index (χ0v) is 12.6. The molecule has 5 nitrogen and oxygen atoms in total. The Hall–Kier alpha value is -1.95. The predicted octanol–water partition coefficient (Wildman–Crippen LogP) is 2.03. The lowest BCUT2D eigenvalue weighted by Crippen LogP contribution is -2.15. The second-order valence-electron chi connectivity index (χ2n) is 4.72. The van der Waals surface area contributed by atoms with Crippen LogP contribution in [0.15, 0.2) is 24.5 Å². The Balaban J connectivity index is 1.88. The summed E-state index contributed by atoms with van der Waals surface area (Å²) in [7, 11) is 0. The summed E-state index contributed by atoms with van der Waals surface area (Å²) >= 11 is 5.02. The third-order valence-corrected chi connectivity index (χ3v) is 3.27. The molecule has 2 aromatic heterocycles. The van der Waals surface area contributed by atoms with Crippen LogP contribution in [0.4, 0.5) is 5.69 Å². The standard InChI is InChI=1S/C14H19N5S/c1-10-8-11(2)19(18-10)7-3-5-17-13-9-16-6-4-12(13)14(15)20/h4,6,8-9,17H,3,5,7H2,1-2H3,(H2,15,20). The van der Waals surface area contributed by atoms with E-state index in [2.05, 4.69) is 28.4 Å². The summed E-state index contributed by atoms with van der Waals surface area (Å²) in [4.78, 5) is 4.47. The van der Waals surface area contributed by atoms with E-state index in [0.717, 1.165) is 36.5 Å². The van der Waals surface area contributed by atoms with E-state index >= 15 is 0 Å². The molecule has 0 aliphatic carbocycles. The molecule has 2 aromatic rings. The van der Waals surface area contributed by atoms with E-state index in [4.69, 9.17) is 18.0 Å². The molecule has 6 heteroatoms. The molecule has 0 aromatic carbocycles. The largest absolute Gasteiger partial charge is 0.389 e. The van der Waals surface area contributed by atoms with Gasteiger partial charge in [0, 0.05) is 30.5 Å². The first-order chi connectivity index (χ1) is 9.58. The van der Waals surface area contributed by atoms with Crippen molar-refractivity contribution in [3.8, 4) is 0 Å². The number of hydrogen-bond donors (Lipinski definition) is 2. The zero-order chi connectivity index (χ0) is 14.5. The van der Waals surface area contributed by atoms with E-state index in [1.165, 1.54) is 5.69 Å². The van der Waals surface area contributed by atoms with Gasteiger partial charge in [-0.2, -0.15) is 5.10 Å². The van der Waals surface area contributed by atoms with Crippen LogP contribution >= 0.6 is 12.2 Å². The first-order valence-corrected chi connectivity index (χ1v) is 6.97. The molecule has 2 heterocycles. The molecular formula is C14H19N5S. The normalized spacial score (nSPS) is 10.5. The molecule has 106 valence electrons. The highest BCUT2D eigenvalue weighted by molar-refractivity contribution is 7.80. The van der Waals surface area contributed by atoms with Crippen LogP contribution < -0.4 is 11.1 Å². The Morgan fingerprint density at radius 3 is 2.90 bits per heavy atom. The van der Waals surface area contributed by atoms with Gasteiger partial charge in [0.1, 0.15) is 4.99 Å². The van der Waals surface area contributed by atoms with Crippen molar-refractivity contribution in [3.63, 3.8) is 0 Å². The SMILES string of the molecule is Cc1cc(C)n(CCCNc2cnccc2C(N)=S)n1. The molecule has 0 saturated carbocycles. The van der Waals surface area contributed by atoms with Crippen molar-refractivity contribution >= 4 is 22.9 Å². The quantitative estimate of drug-likeness (QED) is 0.629. The van der Waals surface area contributed by atoms with Crippen LogP contribution in [-0.2, 0) is 6.54 Å². The van der Waals surface area contributed by atoms with E-state index in [0.29, 0.717) is 4.99 Å². The van der Waals surface area contributed by atoms with Gasteiger partial charge in [-0.1, -0.05) is 12.2 Å². The molecule has 0 aliphatic rings. The average Bonchev–Trinajstić information content (AvgIpc) is 2.73. The van der Waals surface area contributed by atoms with E-state index < -0.39 is 0 Å². The second kappa shape index (κ2) is 6.47. The zero-order valence-electron chi connectivity index (χ0n) is 11.8. The van der Waals surface area contributed by atoms with Crippen molar-refractivity contribution in [1.29, 1.82) is 0 Å². The lowest BCUT2D eigenvalue weighted by molar-refractivity contribution is 0.573. The predicted molar refractivity (Wildman–Crippen MR) is 84.9 cm³/mol. The molecule has 0 aliphatic heterocycles. The highest BCUT2D eigenvalue weighted by Crippen LogP contribution is 2.13. The Bertz CT molecular complexity index is 605. The maximum atomic E-state index is 5.68. The molecule has 0 atom stereocenters. The summed E-state index contributed by atoms with van der Waals surface area (Å²) in [6.07, 6.45) is 4.40. The van der Waals surface area contributed by atoms with E-state index in [9.17, 15) is 0 Å². The van der Waals surface area contributed by atoms with Gasteiger partial charge in [-0.25, -0.2) is 0 Å². The van der Waals surface area contributed by atoms with Crippen molar-refractivity contribution in [2.75, 3.05) is 11.9 Å². The first-order valence-electron chi connectivity index (χ1n) is 6.56.